The molecular formula is C20H23BrN4O2S2. The number of halogens is 1. The zero-order chi connectivity index (χ0) is 20.6. The van der Waals surface area contributed by atoms with Gasteiger partial charge in [-0.25, -0.2) is 9.79 Å². The Hall–Kier alpha value is -1.32. The number of carbonyl (C=O) groups is 1. The first-order valence-electron chi connectivity index (χ1n) is 9.58. The summed E-state index contributed by atoms with van der Waals surface area (Å²) in [6.45, 7) is 0. The van der Waals surface area contributed by atoms with Gasteiger partial charge in [-0.15, -0.1) is 0 Å². The van der Waals surface area contributed by atoms with Gasteiger partial charge in [0.2, 0.25) is 0 Å². The summed E-state index contributed by atoms with van der Waals surface area (Å²) in [6.07, 6.45) is 8.37. The minimum absolute atomic E-state index is 0.121. The first-order chi connectivity index (χ1) is 13.7. The molecule has 0 bridgehead atoms. The van der Waals surface area contributed by atoms with E-state index in [1.807, 2.05) is 11.8 Å². The van der Waals surface area contributed by atoms with Crippen LogP contribution >= 0.6 is 27.7 Å². The lowest BCUT2D eigenvalue weighted by atomic mass is 10.2. The van der Waals surface area contributed by atoms with Gasteiger partial charge in [-0.3, -0.25) is 4.21 Å². The number of fused-ring (bicyclic) bond motifs is 2. The van der Waals surface area contributed by atoms with Gasteiger partial charge < -0.3 is 16.0 Å². The predicted octanol–water partition coefficient (Wildman–Crippen LogP) is 3.38. The Balaban J connectivity index is 1.21. The number of allylic oxidation sites excluding steroid dienone is 1. The second-order valence-corrected chi connectivity index (χ2v) is 12.3. The van der Waals surface area contributed by atoms with Gasteiger partial charge in [-0.05, 0) is 50.0 Å². The van der Waals surface area contributed by atoms with E-state index in [0.29, 0.717) is 11.1 Å². The van der Waals surface area contributed by atoms with Crippen molar-refractivity contribution in [2.45, 2.75) is 46.2 Å². The highest BCUT2D eigenvalue weighted by atomic mass is 79.9. The van der Waals surface area contributed by atoms with Crippen LogP contribution in [0.5, 0.6) is 0 Å². The highest BCUT2D eigenvalue weighted by molar-refractivity contribution is 9.10. The molecule has 0 saturated heterocycles. The number of hydrogen-bond donors (Lipinski definition) is 2. The number of carbonyl (C=O) groups excluding carboxylic acids is 1. The van der Waals surface area contributed by atoms with E-state index in [1.54, 1.807) is 12.3 Å². The molecule has 0 spiro atoms. The summed E-state index contributed by atoms with van der Waals surface area (Å²) >= 11 is 5.44. The Morgan fingerprint density at radius 3 is 2.83 bits per heavy atom. The second-order valence-electron chi connectivity index (χ2n) is 8.56. The van der Waals surface area contributed by atoms with E-state index in [1.165, 1.54) is 16.8 Å². The largest absolute Gasteiger partial charge is 0.401 e. The third-order valence-electron chi connectivity index (χ3n) is 6.87. The lowest BCUT2D eigenvalue weighted by Gasteiger charge is -2.23. The molecule has 3 saturated carbocycles. The molecule has 3 N–H and O–H groups in total. The van der Waals surface area contributed by atoms with Crippen LogP contribution in [-0.4, -0.2) is 45.4 Å². The molecule has 1 heterocycles. The Morgan fingerprint density at radius 1 is 1.45 bits per heavy atom. The van der Waals surface area contributed by atoms with Crippen molar-refractivity contribution in [1.82, 2.24) is 5.32 Å². The molecule has 1 aromatic carbocycles. The van der Waals surface area contributed by atoms with E-state index in [2.05, 4.69) is 56.4 Å². The van der Waals surface area contributed by atoms with Gasteiger partial charge >= 0.3 is 6.03 Å². The minimum Gasteiger partial charge on any atom is -0.401 e. The molecule has 4 aliphatic rings. The number of anilines is 1. The fourth-order valence-corrected chi connectivity index (χ4v) is 7.69. The lowest BCUT2D eigenvalue weighted by molar-refractivity contribution is 0.247. The zero-order valence-corrected chi connectivity index (χ0v) is 19.5. The van der Waals surface area contributed by atoms with Crippen molar-refractivity contribution in [2.75, 3.05) is 18.2 Å². The molecule has 1 aliphatic heterocycles. The van der Waals surface area contributed by atoms with Gasteiger partial charge in [0.25, 0.3) is 0 Å². The first-order valence-corrected chi connectivity index (χ1v) is 12.8. The van der Waals surface area contributed by atoms with Crippen LogP contribution in [0.2, 0.25) is 0 Å². The van der Waals surface area contributed by atoms with Crippen molar-refractivity contribution in [1.29, 1.82) is 0 Å². The average Bonchev–Trinajstić information content (AvgIpc) is 3.56. The molecule has 0 radical (unpaired) electrons. The molecule has 154 valence electrons. The molecule has 3 aliphatic carbocycles. The van der Waals surface area contributed by atoms with E-state index in [4.69, 9.17) is 5.73 Å². The molecule has 2 atom stereocenters. The third-order valence-corrected chi connectivity index (χ3v) is 10.7. The molecule has 9 heteroatoms. The monoisotopic (exact) mass is 494 g/mol. The standard InChI is InChI=1S/C20H23BrN4O2S2/c1-25-13-9-12(21)3-4-14(13)28-16(25)18-10-20(18,11-18)24-17(26)23-8-5-15(22)19(6-7-19)29(2)27/h3-5,8-9,16H,6-7,10-11,22H2,1-2H3,(H,24,26)/b15-5-,23-8+. The van der Waals surface area contributed by atoms with Crippen molar-refractivity contribution >= 4 is 56.4 Å². The number of benzene rings is 1. The number of thioether (sulfide) groups is 1. The van der Waals surface area contributed by atoms with Crippen LogP contribution in [0.1, 0.15) is 25.7 Å². The summed E-state index contributed by atoms with van der Waals surface area (Å²) in [5.74, 6) is 0. The fourth-order valence-electron chi connectivity index (χ4n) is 4.67. The van der Waals surface area contributed by atoms with Crippen molar-refractivity contribution in [2.24, 2.45) is 16.1 Å². The van der Waals surface area contributed by atoms with Gasteiger partial charge in [-0.1, -0.05) is 27.7 Å². The van der Waals surface area contributed by atoms with Gasteiger partial charge in [0.05, 0.1) is 21.3 Å². The molecule has 29 heavy (non-hydrogen) atoms. The number of aliphatic imine (C=N–C) groups is 1. The van der Waals surface area contributed by atoms with E-state index >= 15 is 0 Å². The smallest absolute Gasteiger partial charge is 0.341 e. The Kier molecular flexibility index (Phi) is 4.29. The highest BCUT2D eigenvalue weighted by Crippen LogP contribution is 2.83. The quantitative estimate of drug-likeness (QED) is 0.612. The van der Waals surface area contributed by atoms with Gasteiger partial charge in [0.15, 0.2) is 0 Å². The van der Waals surface area contributed by atoms with E-state index in [-0.39, 0.29) is 17.0 Å². The van der Waals surface area contributed by atoms with Crippen molar-refractivity contribution < 1.29 is 9.00 Å². The average molecular weight is 495 g/mol. The van der Waals surface area contributed by atoms with Crippen LogP contribution in [0.4, 0.5) is 10.5 Å². The van der Waals surface area contributed by atoms with E-state index in [0.717, 1.165) is 30.2 Å². The number of amides is 2. The Bertz CT molecular complexity index is 998. The van der Waals surface area contributed by atoms with Gasteiger partial charge in [0, 0.05) is 50.8 Å². The maximum atomic E-state index is 12.3. The van der Waals surface area contributed by atoms with Crippen molar-refractivity contribution in [3.05, 3.63) is 34.4 Å². The maximum absolute atomic E-state index is 12.3. The van der Waals surface area contributed by atoms with E-state index < -0.39 is 15.5 Å². The van der Waals surface area contributed by atoms with Crippen LogP contribution in [-0.2, 0) is 10.8 Å². The topological polar surface area (TPSA) is 87.8 Å². The molecule has 1 aromatic rings. The predicted molar refractivity (Wildman–Crippen MR) is 122 cm³/mol. The third kappa shape index (κ3) is 2.91. The second kappa shape index (κ2) is 6.34. The van der Waals surface area contributed by atoms with Crippen LogP contribution in [0.3, 0.4) is 0 Å². The minimum atomic E-state index is -1.00. The summed E-state index contributed by atoms with van der Waals surface area (Å²) in [5, 5.41) is 3.45. The van der Waals surface area contributed by atoms with E-state index in [9.17, 15) is 9.00 Å². The zero-order valence-electron chi connectivity index (χ0n) is 16.3. The first kappa shape index (κ1) is 19.6. The van der Waals surface area contributed by atoms with Crippen LogP contribution in [0.15, 0.2) is 44.3 Å². The number of hydrogen-bond acceptors (Lipinski definition) is 5. The molecule has 6 nitrogen and oxygen atoms in total. The number of nitrogens with zero attached hydrogens (tertiary/aromatic N) is 2. The van der Waals surface area contributed by atoms with Gasteiger partial charge in [-0.2, -0.15) is 0 Å². The number of nitrogens with one attached hydrogen (secondary N) is 1. The summed E-state index contributed by atoms with van der Waals surface area (Å²) in [6, 6.07) is 6.05. The molecule has 0 aromatic heterocycles. The molecule has 5 rings (SSSR count). The van der Waals surface area contributed by atoms with Crippen LogP contribution in [0.25, 0.3) is 0 Å². The normalized spacial score (nSPS) is 34.5. The molecule has 2 amide bonds. The Labute approximate surface area is 185 Å². The lowest BCUT2D eigenvalue weighted by Crippen LogP contribution is -2.32. The molecule has 2 unspecified atom stereocenters. The van der Waals surface area contributed by atoms with Crippen LogP contribution < -0.4 is 16.0 Å². The summed E-state index contributed by atoms with van der Waals surface area (Å²) in [7, 11) is 1.13. The summed E-state index contributed by atoms with van der Waals surface area (Å²) in [4.78, 5) is 19.9. The summed E-state index contributed by atoms with van der Waals surface area (Å²) in [5.41, 5.74) is 7.86. The molecule has 3 fully saturated rings. The Morgan fingerprint density at radius 2 is 2.17 bits per heavy atom. The summed E-state index contributed by atoms with van der Waals surface area (Å²) < 4.78 is 12.5. The number of urea groups is 1. The SMILES string of the molecule is CN1c2cc(Br)ccc2SC1C12CC1(NC(=O)/N=C/C=C(\N)C1(S(C)=O)CC1)C2. The van der Waals surface area contributed by atoms with Crippen LogP contribution in [0, 0.1) is 5.41 Å². The number of nitrogens with two attached hydrogens (primary N) is 1. The fraction of sp³-hybridized carbons (Fsp3) is 0.500. The van der Waals surface area contributed by atoms with Crippen molar-refractivity contribution in [3.63, 3.8) is 0 Å². The van der Waals surface area contributed by atoms with Crippen molar-refractivity contribution in [3.8, 4) is 0 Å². The molecular weight excluding hydrogens is 472 g/mol. The number of rotatable bonds is 5. The maximum Gasteiger partial charge on any atom is 0.341 e. The highest BCUT2D eigenvalue weighted by Gasteiger charge is 2.87. The van der Waals surface area contributed by atoms with Gasteiger partial charge in [0.1, 0.15) is 0 Å².